The highest BCUT2D eigenvalue weighted by atomic mass is 32.1. The molecule has 0 aliphatic carbocycles. The first-order chi connectivity index (χ1) is 8.71. The Labute approximate surface area is 115 Å². The van der Waals surface area contributed by atoms with Crippen molar-refractivity contribution in [2.24, 2.45) is 5.92 Å². The summed E-state index contributed by atoms with van der Waals surface area (Å²) < 4.78 is 11.0. The number of likely N-dealkylation sites (tertiary alicyclic amines) is 1. The molecule has 1 aliphatic heterocycles. The zero-order chi connectivity index (χ0) is 13.4. The largest absolute Gasteiger partial charge is 0.353 e. The topological polar surface area (TPSA) is 38.8 Å². The molecule has 0 aromatic carbocycles. The molecule has 1 fully saturated rings. The Morgan fingerprint density at radius 2 is 2.06 bits per heavy atom. The first-order valence-corrected chi connectivity index (χ1v) is 7.46. The van der Waals surface area contributed by atoms with E-state index in [0.29, 0.717) is 25.6 Å². The van der Waals surface area contributed by atoms with Crippen molar-refractivity contribution >= 4 is 18.5 Å². The molecule has 1 saturated heterocycles. The smallest absolute Gasteiger partial charge is 0.222 e. The van der Waals surface area contributed by atoms with E-state index in [1.165, 1.54) is 0 Å². The van der Waals surface area contributed by atoms with Gasteiger partial charge in [-0.25, -0.2) is 0 Å². The lowest BCUT2D eigenvalue weighted by atomic mass is 10.1. The molecule has 106 valence electrons. The summed E-state index contributed by atoms with van der Waals surface area (Å²) in [6.07, 6.45) is 2.30. The van der Waals surface area contributed by atoms with Crippen LogP contribution in [0.25, 0.3) is 0 Å². The van der Waals surface area contributed by atoms with Gasteiger partial charge in [0.2, 0.25) is 5.91 Å². The number of hydrogen-bond acceptors (Lipinski definition) is 4. The number of thiol groups is 1. The van der Waals surface area contributed by atoms with Crippen LogP contribution >= 0.6 is 12.6 Å². The summed E-state index contributed by atoms with van der Waals surface area (Å²) in [6.45, 7) is 6.92. The zero-order valence-electron chi connectivity index (χ0n) is 11.4. The molecule has 0 radical (unpaired) electrons. The van der Waals surface area contributed by atoms with Crippen molar-refractivity contribution in [1.82, 2.24) is 4.90 Å². The number of hydrogen-bond donors (Lipinski definition) is 1. The van der Waals surface area contributed by atoms with Crippen LogP contribution in [-0.4, -0.2) is 49.2 Å². The van der Waals surface area contributed by atoms with Crippen LogP contribution < -0.4 is 0 Å². The van der Waals surface area contributed by atoms with Crippen LogP contribution in [-0.2, 0) is 14.3 Å². The van der Waals surface area contributed by atoms with Gasteiger partial charge in [0, 0.05) is 39.1 Å². The number of amides is 1. The molecule has 1 aliphatic rings. The van der Waals surface area contributed by atoms with Crippen molar-refractivity contribution in [2.75, 3.05) is 32.1 Å². The van der Waals surface area contributed by atoms with Gasteiger partial charge in [0.1, 0.15) is 0 Å². The summed E-state index contributed by atoms with van der Waals surface area (Å²) in [6, 6.07) is 0. The highest BCUT2D eigenvalue weighted by Gasteiger charge is 2.28. The molecular formula is C13H25NO3S. The quantitative estimate of drug-likeness (QED) is 0.516. The zero-order valence-corrected chi connectivity index (χ0v) is 12.3. The normalized spacial score (nSPS) is 20.1. The van der Waals surface area contributed by atoms with Gasteiger partial charge in [-0.05, 0) is 31.9 Å². The molecule has 18 heavy (non-hydrogen) atoms. The minimum atomic E-state index is -0.126. The fourth-order valence-electron chi connectivity index (χ4n) is 2.23. The van der Waals surface area contributed by atoms with Gasteiger partial charge in [-0.2, -0.15) is 12.6 Å². The molecule has 1 heterocycles. The Hall–Kier alpha value is -0.260. The van der Waals surface area contributed by atoms with Crippen LogP contribution in [0.3, 0.4) is 0 Å². The third-order valence-electron chi connectivity index (χ3n) is 3.13. The van der Waals surface area contributed by atoms with Crippen molar-refractivity contribution in [3.05, 3.63) is 0 Å². The second-order valence-electron chi connectivity index (χ2n) is 4.57. The fourth-order valence-corrected chi connectivity index (χ4v) is 2.47. The van der Waals surface area contributed by atoms with Gasteiger partial charge in [-0.15, -0.1) is 0 Å². The maximum absolute atomic E-state index is 11.7. The maximum atomic E-state index is 11.7. The van der Waals surface area contributed by atoms with Crippen molar-refractivity contribution in [1.29, 1.82) is 0 Å². The molecule has 0 aromatic rings. The van der Waals surface area contributed by atoms with E-state index in [-0.39, 0.29) is 12.2 Å². The Bertz CT molecular complexity index is 244. The summed E-state index contributed by atoms with van der Waals surface area (Å²) >= 11 is 4.26. The minimum absolute atomic E-state index is 0.126. The molecule has 1 amide bonds. The van der Waals surface area contributed by atoms with E-state index in [1.54, 1.807) is 0 Å². The summed E-state index contributed by atoms with van der Waals surface area (Å²) in [4.78, 5) is 13.6. The Balaban J connectivity index is 2.21. The summed E-state index contributed by atoms with van der Waals surface area (Å²) in [5.74, 6) is 1.48. The van der Waals surface area contributed by atoms with Crippen LogP contribution in [0, 0.1) is 5.92 Å². The Kier molecular flexibility index (Phi) is 7.70. The number of rotatable bonds is 9. The van der Waals surface area contributed by atoms with E-state index in [9.17, 15) is 4.79 Å². The molecular weight excluding hydrogens is 250 g/mol. The number of carbonyl (C=O) groups excluding carboxylic acids is 1. The van der Waals surface area contributed by atoms with Gasteiger partial charge in [-0.3, -0.25) is 4.79 Å². The lowest BCUT2D eigenvalue weighted by Gasteiger charge is -2.20. The molecule has 0 spiro atoms. The van der Waals surface area contributed by atoms with Crippen LogP contribution in [0.15, 0.2) is 0 Å². The lowest BCUT2D eigenvalue weighted by molar-refractivity contribution is -0.141. The highest BCUT2D eigenvalue weighted by molar-refractivity contribution is 7.80. The summed E-state index contributed by atoms with van der Waals surface area (Å²) in [5, 5.41) is 0. The SMILES string of the molecule is CCOC(CCCN1CC(CS)CC1=O)OCC. The van der Waals surface area contributed by atoms with E-state index in [0.717, 1.165) is 31.7 Å². The van der Waals surface area contributed by atoms with Crippen LogP contribution in [0.2, 0.25) is 0 Å². The molecule has 5 heteroatoms. The molecule has 4 nitrogen and oxygen atoms in total. The van der Waals surface area contributed by atoms with E-state index in [4.69, 9.17) is 9.47 Å². The van der Waals surface area contributed by atoms with Crippen molar-refractivity contribution in [2.45, 2.75) is 39.4 Å². The van der Waals surface area contributed by atoms with Crippen LogP contribution in [0.1, 0.15) is 33.1 Å². The number of ether oxygens (including phenoxy) is 2. The fraction of sp³-hybridized carbons (Fsp3) is 0.923. The molecule has 0 saturated carbocycles. The third kappa shape index (κ3) is 5.16. The van der Waals surface area contributed by atoms with Gasteiger partial charge < -0.3 is 14.4 Å². The molecule has 1 rings (SSSR count). The lowest BCUT2D eigenvalue weighted by Crippen LogP contribution is -2.28. The van der Waals surface area contributed by atoms with Crippen molar-refractivity contribution in [3.63, 3.8) is 0 Å². The molecule has 0 N–H and O–H groups in total. The van der Waals surface area contributed by atoms with E-state index < -0.39 is 0 Å². The summed E-state index contributed by atoms with van der Waals surface area (Å²) in [5.41, 5.74) is 0. The standard InChI is InChI=1S/C13H25NO3S/c1-3-16-13(17-4-2)6-5-7-14-9-11(10-18)8-12(14)15/h11,13,18H,3-10H2,1-2H3. The van der Waals surface area contributed by atoms with Gasteiger partial charge >= 0.3 is 0 Å². The Morgan fingerprint density at radius 1 is 1.39 bits per heavy atom. The molecule has 0 bridgehead atoms. The average Bonchev–Trinajstić information content (AvgIpc) is 2.71. The Morgan fingerprint density at radius 3 is 2.56 bits per heavy atom. The maximum Gasteiger partial charge on any atom is 0.222 e. The predicted octanol–water partition coefficient (Wildman–Crippen LogP) is 1.94. The van der Waals surface area contributed by atoms with E-state index in [1.807, 2.05) is 18.7 Å². The second kappa shape index (κ2) is 8.77. The predicted molar refractivity (Wildman–Crippen MR) is 74.8 cm³/mol. The van der Waals surface area contributed by atoms with E-state index >= 15 is 0 Å². The minimum Gasteiger partial charge on any atom is -0.353 e. The van der Waals surface area contributed by atoms with Gasteiger partial charge in [0.25, 0.3) is 0 Å². The summed E-state index contributed by atoms with van der Waals surface area (Å²) in [7, 11) is 0. The second-order valence-corrected chi connectivity index (χ2v) is 4.94. The van der Waals surface area contributed by atoms with Crippen LogP contribution in [0.4, 0.5) is 0 Å². The third-order valence-corrected chi connectivity index (χ3v) is 3.64. The monoisotopic (exact) mass is 275 g/mol. The van der Waals surface area contributed by atoms with Gasteiger partial charge in [-0.1, -0.05) is 0 Å². The highest BCUT2D eigenvalue weighted by Crippen LogP contribution is 2.19. The number of carbonyl (C=O) groups is 1. The number of nitrogens with zero attached hydrogens (tertiary/aromatic N) is 1. The first kappa shape index (κ1) is 15.8. The molecule has 1 unspecified atom stereocenters. The van der Waals surface area contributed by atoms with Crippen LogP contribution in [0.5, 0.6) is 0 Å². The molecule has 0 aromatic heterocycles. The van der Waals surface area contributed by atoms with Crippen molar-refractivity contribution in [3.8, 4) is 0 Å². The van der Waals surface area contributed by atoms with Gasteiger partial charge in [0.05, 0.1) is 0 Å². The first-order valence-electron chi connectivity index (χ1n) is 6.83. The van der Waals surface area contributed by atoms with E-state index in [2.05, 4.69) is 12.6 Å². The molecule has 1 atom stereocenters. The van der Waals surface area contributed by atoms with Gasteiger partial charge in [0.15, 0.2) is 6.29 Å². The average molecular weight is 275 g/mol. The van der Waals surface area contributed by atoms with Crippen molar-refractivity contribution < 1.29 is 14.3 Å².